The first-order valence-corrected chi connectivity index (χ1v) is 12.7. The minimum Gasteiger partial charge on any atom is -0.350 e. The Hall–Kier alpha value is -1.42. The van der Waals surface area contributed by atoms with Gasteiger partial charge in [-0.2, -0.15) is 0 Å². The number of fused-ring (bicyclic) bond motifs is 2. The van der Waals surface area contributed by atoms with Gasteiger partial charge in [0.15, 0.2) is 18.2 Å². The molecule has 0 unspecified atom stereocenters. The van der Waals surface area contributed by atoms with Crippen molar-refractivity contribution in [2.75, 3.05) is 18.5 Å². The number of ether oxygens (including phenoxy) is 3. The van der Waals surface area contributed by atoms with Crippen molar-refractivity contribution in [3.63, 3.8) is 0 Å². The van der Waals surface area contributed by atoms with Gasteiger partial charge in [0.2, 0.25) is 5.79 Å². The van der Waals surface area contributed by atoms with Crippen molar-refractivity contribution in [3.8, 4) is 0 Å². The van der Waals surface area contributed by atoms with Gasteiger partial charge in [-0.25, -0.2) is 14.6 Å². The van der Waals surface area contributed by atoms with Crippen LogP contribution in [-0.2, 0) is 24.0 Å². The number of urea groups is 1. The van der Waals surface area contributed by atoms with Crippen molar-refractivity contribution < 1.29 is 28.8 Å². The highest BCUT2D eigenvalue weighted by Gasteiger charge is 2.69. The van der Waals surface area contributed by atoms with Gasteiger partial charge >= 0.3 is 6.03 Å². The summed E-state index contributed by atoms with van der Waals surface area (Å²) in [5.41, 5.74) is 0.907. The fourth-order valence-electron chi connectivity index (χ4n) is 6.31. The number of hydrogen-bond donors (Lipinski definition) is 2. The molecule has 8 atom stereocenters. The average molecular weight is 495 g/mol. The number of anilines is 1. The zero-order valence-corrected chi connectivity index (χ0v) is 21.0. The molecule has 5 aliphatic rings. The van der Waals surface area contributed by atoms with Crippen LogP contribution < -0.4 is 10.6 Å². The van der Waals surface area contributed by atoms with Gasteiger partial charge in [-0.1, -0.05) is 31.5 Å². The van der Waals surface area contributed by atoms with Crippen LogP contribution in [0.2, 0.25) is 5.02 Å². The summed E-state index contributed by atoms with van der Waals surface area (Å²) in [7, 11) is 0. The highest BCUT2D eigenvalue weighted by Crippen LogP contribution is 2.60. The molecule has 1 aromatic carbocycles. The fourth-order valence-corrected chi connectivity index (χ4v) is 6.49. The zero-order valence-electron chi connectivity index (χ0n) is 20.3. The predicted molar refractivity (Wildman–Crippen MR) is 126 cm³/mol. The van der Waals surface area contributed by atoms with E-state index in [0.29, 0.717) is 35.7 Å². The van der Waals surface area contributed by atoms with Gasteiger partial charge < -0.3 is 24.8 Å². The number of carbonyl (C=O) groups is 1. The fraction of sp³-hybridized carbons (Fsp3) is 0.720. The second-order valence-corrected chi connectivity index (χ2v) is 10.8. The largest absolute Gasteiger partial charge is 0.350 e. The standard InChI is InChI=1S/C25H35ClN2O6/c1-14-8-9-18-15(2)21(31-22-25(18)17(14)10-11-24(4,32-22)33-34-25)30-13-12-27-23(29)28-20-7-5-6-19(26)16(20)3/h5-7,14-15,17-18,21-22H,8-13H2,1-4H3,(H2,27,28,29)/t14-,15-,17+,18+,21+,22-,24-,25-/m1/s1. The van der Waals surface area contributed by atoms with Crippen LogP contribution >= 0.6 is 11.6 Å². The van der Waals surface area contributed by atoms with E-state index in [2.05, 4.69) is 24.5 Å². The predicted octanol–water partition coefficient (Wildman–Crippen LogP) is 4.99. The third-order valence-electron chi connectivity index (χ3n) is 8.28. The van der Waals surface area contributed by atoms with E-state index in [1.165, 1.54) is 0 Å². The number of nitrogens with one attached hydrogen (secondary N) is 2. The maximum atomic E-state index is 12.3. The van der Waals surface area contributed by atoms with E-state index >= 15 is 0 Å². The monoisotopic (exact) mass is 494 g/mol. The third kappa shape index (κ3) is 4.12. The van der Waals surface area contributed by atoms with Crippen LogP contribution in [-0.4, -0.2) is 43.2 Å². The SMILES string of the molecule is Cc1c(Cl)cccc1NC(=O)NCCO[C@H]1O[C@@H]2O[C@@]3(C)CC[C@H]4[C@H](C)CC[C@@H]([C@H]1C)[C@@]24OO3. The van der Waals surface area contributed by atoms with Crippen molar-refractivity contribution in [1.29, 1.82) is 0 Å². The Labute approximate surface area is 205 Å². The molecule has 4 aliphatic heterocycles. The molecule has 0 aromatic heterocycles. The Morgan fingerprint density at radius 3 is 2.85 bits per heavy atom. The summed E-state index contributed by atoms with van der Waals surface area (Å²) in [6.45, 7) is 8.89. The number of halogens is 1. The molecule has 34 heavy (non-hydrogen) atoms. The van der Waals surface area contributed by atoms with Crippen LogP contribution in [0.15, 0.2) is 18.2 Å². The zero-order chi connectivity index (χ0) is 24.1. The molecule has 2 bridgehead atoms. The first-order chi connectivity index (χ1) is 16.2. The van der Waals surface area contributed by atoms with Crippen LogP contribution in [0.4, 0.5) is 10.5 Å². The van der Waals surface area contributed by atoms with Crippen molar-refractivity contribution in [2.45, 2.75) is 77.3 Å². The van der Waals surface area contributed by atoms with Crippen molar-refractivity contribution in [3.05, 3.63) is 28.8 Å². The molecule has 9 heteroatoms. The minimum absolute atomic E-state index is 0.101. The molecule has 5 fully saturated rings. The second-order valence-electron chi connectivity index (χ2n) is 10.4. The summed E-state index contributed by atoms with van der Waals surface area (Å²) in [5, 5.41) is 6.27. The lowest BCUT2D eigenvalue weighted by Gasteiger charge is -2.60. The van der Waals surface area contributed by atoms with Crippen molar-refractivity contribution in [2.24, 2.45) is 23.7 Å². The van der Waals surface area contributed by atoms with Crippen molar-refractivity contribution >= 4 is 23.3 Å². The Balaban J connectivity index is 1.19. The van der Waals surface area contributed by atoms with E-state index in [4.69, 9.17) is 35.6 Å². The maximum Gasteiger partial charge on any atom is 0.319 e. The molecule has 1 aromatic rings. The molecule has 4 heterocycles. The smallest absolute Gasteiger partial charge is 0.319 e. The van der Waals surface area contributed by atoms with Crippen LogP contribution in [0.1, 0.15) is 52.0 Å². The quantitative estimate of drug-likeness (QED) is 0.442. The summed E-state index contributed by atoms with van der Waals surface area (Å²) in [4.78, 5) is 24.3. The summed E-state index contributed by atoms with van der Waals surface area (Å²) >= 11 is 6.13. The number of amides is 2. The first-order valence-electron chi connectivity index (χ1n) is 12.4. The lowest BCUT2D eigenvalue weighted by molar-refractivity contribution is -0.577. The molecule has 1 saturated carbocycles. The number of rotatable bonds is 5. The normalized spacial score (nSPS) is 40.9. The molecule has 1 aliphatic carbocycles. The van der Waals surface area contributed by atoms with Gasteiger partial charge in [0.05, 0.1) is 6.61 Å². The molecule has 6 rings (SSSR count). The van der Waals surface area contributed by atoms with Gasteiger partial charge in [0.1, 0.15) is 0 Å². The van der Waals surface area contributed by atoms with E-state index in [1.807, 2.05) is 19.9 Å². The Bertz CT molecular complexity index is 933. The molecule has 0 radical (unpaired) electrons. The molecular formula is C25H35ClN2O6. The lowest BCUT2D eigenvalue weighted by atomic mass is 9.58. The lowest BCUT2D eigenvalue weighted by Crippen LogP contribution is -2.70. The van der Waals surface area contributed by atoms with Crippen molar-refractivity contribution in [1.82, 2.24) is 5.32 Å². The topological polar surface area (TPSA) is 87.3 Å². The second kappa shape index (κ2) is 9.22. The Kier molecular flexibility index (Phi) is 6.59. The molecule has 2 N–H and O–H groups in total. The summed E-state index contributed by atoms with van der Waals surface area (Å²) in [5.74, 6) is 0.349. The minimum atomic E-state index is -0.805. The van der Waals surface area contributed by atoms with Gasteiger partial charge in [0.25, 0.3) is 0 Å². The molecular weight excluding hydrogens is 460 g/mol. The van der Waals surface area contributed by atoms with Gasteiger partial charge in [-0.05, 0) is 62.6 Å². The van der Waals surface area contributed by atoms with E-state index in [9.17, 15) is 4.79 Å². The number of hydrogen-bond acceptors (Lipinski definition) is 6. The maximum absolute atomic E-state index is 12.3. The summed E-state index contributed by atoms with van der Waals surface area (Å²) < 4.78 is 18.9. The van der Waals surface area contributed by atoms with Crippen LogP contribution in [0, 0.1) is 30.6 Å². The molecule has 1 spiro atoms. The van der Waals surface area contributed by atoms with Crippen LogP contribution in [0.5, 0.6) is 0 Å². The summed E-state index contributed by atoms with van der Waals surface area (Å²) in [6, 6.07) is 5.10. The van der Waals surface area contributed by atoms with Crippen LogP contribution in [0.3, 0.4) is 0 Å². The van der Waals surface area contributed by atoms with E-state index in [-0.39, 0.29) is 17.9 Å². The van der Waals surface area contributed by atoms with E-state index in [1.54, 1.807) is 12.1 Å². The van der Waals surface area contributed by atoms with Crippen LogP contribution in [0.25, 0.3) is 0 Å². The first kappa shape index (κ1) is 24.3. The third-order valence-corrected chi connectivity index (χ3v) is 8.69. The summed E-state index contributed by atoms with van der Waals surface area (Å²) in [6.07, 6.45) is 2.96. The van der Waals surface area contributed by atoms with E-state index in [0.717, 1.165) is 31.2 Å². The molecule has 188 valence electrons. The molecule has 2 amide bonds. The van der Waals surface area contributed by atoms with Gasteiger partial charge in [0, 0.05) is 35.5 Å². The number of carbonyl (C=O) groups excluding carboxylic acids is 1. The van der Waals surface area contributed by atoms with E-state index < -0.39 is 24.0 Å². The van der Waals surface area contributed by atoms with Gasteiger partial charge in [-0.3, -0.25) is 0 Å². The highest BCUT2D eigenvalue weighted by atomic mass is 35.5. The van der Waals surface area contributed by atoms with Gasteiger partial charge in [-0.15, -0.1) is 0 Å². The number of benzene rings is 1. The molecule has 8 nitrogen and oxygen atoms in total. The Morgan fingerprint density at radius 1 is 1.21 bits per heavy atom. The molecule has 4 saturated heterocycles. The highest BCUT2D eigenvalue weighted by molar-refractivity contribution is 6.31. The average Bonchev–Trinajstić information content (AvgIpc) is 3.03. The Morgan fingerprint density at radius 2 is 2.03 bits per heavy atom.